The molecule has 0 aliphatic heterocycles. The number of guanidine groups is 1. The van der Waals surface area contributed by atoms with Crippen molar-refractivity contribution in [3.63, 3.8) is 0 Å². The van der Waals surface area contributed by atoms with Crippen molar-refractivity contribution in [1.82, 2.24) is 4.90 Å². The Labute approximate surface area is 158 Å². The minimum atomic E-state index is 0. The summed E-state index contributed by atoms with van der Waals surface area (Å²) in [5.74, 6) is 1.52. The molecule has 1 aliphatic rings. The molecule has 2 N–H and O–H groups in total. The van der Waals surface area contributed by atoms with Crippen LogP contribution in [0.2, 0.25) is 0 Å². The van der Waals surface area contributed by atoms with Gasteiger partial charge in [-0.15, -0.1) is 35.3 Å². The summed E-state index contributed by atoms with van der Waals surface area (Å²) in [4.78, 5) is 7.80. The Morgan fingerprint density at radius 3 is 2.61 bits per heavy atom. The van der Waals surface area contributed by atoms with Gasteiger partial charge in [-0.3, -0.25) is 0 Å². The molecule has 6 heteroatoms. The molecule has 3 rings (SSSR count). The van der Waals surface area contributed by atoms with Gasteiger partial charge in [0.1, 0.15) is 5.75 Å². The Bertz CT molecular complexity index is 665. The molecule has 0 unspecified atom stereocenters. The molecule has 1 aromatic carbocycles. The summed E-state index contributed by atoms with van der Waals surface area (Å²) >= 11 is 1.72. The third-order valence-corrected chi connectivity index (χ3v) is 4.85. The smallest absolute Gasteiger partial charge is 0.191 e. The number of aliphatic imine (C=N–C) groups is 1. The van der Waals surface area contributed by atoms with E-state index in [2.05, 4.69) is 33.5 Å². The minimum absolute atomic E-state index is 0. The van der Waals surface area contributed by atoms with Gasteiger partial charge in [-0.2, -0.15) is 0 Å². The number of benzene rings is 1. The first-order valence-electron chi connectivity index (χ1n) is 7.42. The number of halogens is 1. The van der Waals surface area contributed by atoms with Crippen LogP contribution in [0, 0.1) is 0 Å². The number of nitrogens with two attached hydrogens (primary N) is 1. The quantitative estimate of drug-likeness (QED) is 0.433. The zero-order chi connectivity index (χ0) is 15.5. The Balaban J connectivity index is 0.00000192. The zero-order valence-electron chi connectivity index (χ0n) is 13.4. The Morgan fingerprint density at radius 2 is 2.00 bits per heavy atom. The lowest BCUT2D eigenvalue weighted by Gasteiger charge is -2.16. The van der Waals surface area contributed by atoms with Crippen LogP contribution in [0.25, 0.3) is 11.1 Å². The topological polar surface area (TPSA) is 50.9 Å². The molecule has 0 amide bonds. The van der Waals surface area contributed by atoms with Crippen LogP contribution >= 0.6 is 35.3 Å². The third-order valence-electron chi connectivity index (χ3n) is 3.93. The van der Waals surface area contributed by atoms with Crippen molar-refractivity contribution >= 4 is 41.3 Å². The van der Waals surface area contributed by atoms with Gasteiger partial charge in [-0.1, -0.05) is 12.1 Å². The Kier molecular flexibility index (Phi) is 6.29. The third kappa shape index (κ3) is 4.60. The van der Waals surface area contributed by atoms with Crippen LogP contribution in [0.4, 0.5) is 0 Å². The van der Waals surface area contributed by atoms with E-state index in [4.69, 9.17) is 10.5 Å². The molecule has 1 saturated carbocycles. The van der Waals surface area contributed by atoms with Gasteiger partial charge < -0.3 is 15.4 Å². The molecule has 0 saturated heterocycles. The van der Waals surface area contributed by atoms with Crippen molar-refractivity contribution in [2.24, 2.45) is 10.7 Å². The van der Waals surface area contributed by atoms with Gasteiger partial charge in [0.15, 0.2) is 5.96 Å². The molecule has 0 radical (unpaired) electrons. The second kappa shape index (κ2) is 8.01. The second-order valence-corrected chi connectivity index (χ2v) is 6.54. The molecule has 1 fully saturated rings. The average molecular weight is 443 g/mol. The number of methoxy groups -OCH3 is 1. The van der Waals surface area contributed by atoms with E-state index in [0.717, 1.165) is 5.75 Å². The molecule has 0 bridgehead atoms. The number of hydrogen-bond donors (Lipinski definition) is 1. The molecule has 2 aromatic rings. The maximum absolute atomic E-state index is 6.02. The first-order chi connectivity index (χ1) is 10.7. The van der Waals surface area contributed by atoms with Crippen LogP contribution in [0.15, 0.2) is 40.7 Å². The summed E-state index contributed by atoms with van der Waals surface area (Å²) in [7, 11) is 3.70. The Morgan fingerprint density at radius 1 is 1.30 bits per heavy atom. The summed E-state index contributed by atoms with van der Waals surface area (Å²) in [6.45, 7) is 0.643. The number of thiophene rings is 1. The van der Waals surface area contributed by atoms with Gasteiger partial charge >= 0.3 is 0 Å². The van der Waals surface area contributed by atoms with Gasteiger partial charge in [0.2, 0.25) is 0 Å². The molecule has 4 nitrogen and oxygen atoms in total. The highest BCUT2D eigenvalue weighted by Gasteiger charge is 2.27. The van der Waals surface area contributed by atoms with E-state index in [9.17, 15) is 0 Å². The number of rotatable bonds is 5. The van der Waals surface area contributed by atoms with Crippen molar-refractivity contribution in [2.75, 3.05) is 14.2 Å². The summed E-state index contributed by atoms with van der Waals surface area (Å²) in [6.07, 6.45) is 2.46. The monoisotopic (exact) mass is 443 g/mol. The van der Waals surface area contributed by atoms with Gasteiger partial charge in [-0.25, -0.2) is 4.99 Å². The fourth-order valence-corrected chi connectivity index (χ4v) is 3.13. The van der Waals surface area contributed by atoms with Crippen LogP contribution < -0.4 is 10.5 Å². The highest BCUT2D eigenvalue weighted by atomic mass is 127. The molecule has 1 aromatic heterocycles. The molecular weight excluding hydrogens is 421 g/mol. The summed E-state index contributed by atoms with van der Waals surface area (Å²) < 4.78 is 5.19. The lowest BCUT2D eigenvalue weighted by atomic mass is 10.1. The maximum atomic E-state index is 6.02. The van der Waals surface area contributed by atoms with E-state index in [1.165, 1.54) is 28.8 Å². The van der Waals surface area contributed by atoms with Crippen LogP contribution in [0.1, 0.15) is 17.7 Å². The molecule has 0 atom stereocenters. The maximum Gasteiger partial charge on any atom is 0.191 e. The molecule has 1 aliphatic carbocycles. The van der Waals surface area contributed by atoms with Gasteiger partial charge in [0, 0.05) is 18.0 Å². The van der Waals surface area contributed by atoms with E-state index < -0.39 is 0 Å². The average Bonchev–Trinajstić information content (AvgIpc) is 3.30. The van der Waals surface area contributed by atoms with Crippen LogP contribution in [0.3, 0.4) is 0 Å². The van der Waals surface area contributed by atoms with Crippen molar-refractivity contribution in [2.45, 2.75) is 25.4 Å². The van der Waals surface area contributed by atoms with Crippen LogP contribution in [-0.2, 0) is 6.54 Å². The molecule has 1 heterocycles. The van der Waals surface area contributed by atoms with E-state index in [1.807, 2.05) is 19.2 Å². The first kappa shape index (κ1) is 18.1. The van der Waals surface area contributed by atoms with E-state index in [0.29, 0.717) is 18.5 Å². The molecular formula is C17H22IN3OS. The largest absolute Gasteiger partial charge is 0.497 e. The SMILES string of the molecule is COc1ccc(-c2csc(CN=C(N)N(C)C3CC3)c2)cc1.I. The second-order valence-electron chi connectivity index (χ2n) is 5.55. The minimum Gasteiger partial charge on any atom is -0.497 e. The fraction of sp³-hybridized carbons (Fsp3) is 0.353. The zero-order valence-corrected chi connectivity index (χ0v) is 16.5. The van der Waals surface area contributed by atoms with Crippen molar-refractivity contribution < 1.29 is 4.74 Å². The van der Waals surface area contributed by atoms with Gasteiger partial charge in [-0.05, 0) is 47.5 Å². The standard InChI is InChI=1S/C17H21N3OS.HI/c1-20(14-5-6-14)17(18)19-10-16-9-13(11-22-16)12-3-7-15(21-2)8-4-12;/h3-4,7-9,11,14H,5-6,10H2,1-2H3,(H2,18,19);1H. The molecule has 23 heavy (non-hydrogen) atoms. The summed E-state index contributed by atoms with van der Waals surface area (Å²) in [5.41, 5.74) is 8.43. The molecule has 0 spiro atoms. The van der Waals surface area contributed by atoms with E-state index >= 15 is 0 Å². The summed E-state index contributed by atoms with van der Waals surface area (Å²) in [6, 6.07) is 10.9. The fourth-order valence-electron chi connectivity index (χ4n) is 2.32. The van der Waals surface area contributed by atoms with Crippen molar-refractivity contribution in [1.29, 1.82) is 0 Å². The van der Waals surface area contributed by atoms with Gasteiger partial charge in [0.05, 0.1) is 13.7 Å². The Hall–Kier alpha value is -1.28. The van der Waals surface area contributed by atoms with Crippen LogP contribution in [0.5, 0.6) is 5.75 Å². The highest BCUT2D eigenvalue weighted by molar-refractivity contribution is 14.0. The van der Waals surface area contributed by atoms with Gasteiger partial charge in [0.25, 0.3) is 0 Å². The highest BCUT2D eigenvalue weighted by Crippen LogP contribution is 2.28. The van der Waals surface area contributed by atoms with E-state index in [1.54, 1.807) is 18.4 Å². The predicted molar refractivity (Wildman–Crippen MR) is 108 cm³/mol. The summed E-state index contributed by atoms with van der Waals surface area (Å²) in [5, 5.41) is 2.16. The van der Waals surface area contributed by atoms with Crippen LogP contribution in [-0.4, -0.2) is 31.1 Å². The number of nitrogens with zero attached hydrogens (tertiary/aromatic N) is 2. The molecule has 124 valence electrons. The normalized spacial score (nSPS) is 14.3. The number of hydrogen-bond acceptors (Lipinski definition) is 3. The predicted octanol–water partition coefficient (Wildman–Crippen LogP) is 3.95. The lowest BCUT2D eigenvalue weighted by Crippen LogP contribution is -2.35. The van der Waals surface area contributed by atoms with Crippen molar-refractivity contribution in [3.8, 4) is 16.9 Å². The lowest BCUT2D eigenvalue weighted by molar-refractivity contribution is 0.415. The van der Waals surface area contributed by atoms with Crippen molar-refractivity contribution in [3.05, 3.63) is 40.6 Å². The van der Waals surface area contributed by atoms with E-state index in [-0.39, 0.29) is 24.0 Å². The number of ether oxygens (including phenoxy) is 1. The first-order valence-corrected chi connectivity index (χ1v) is 8.30.